The van der Waals surface area contributed by atoms with Gasteiger partial charge in [-0.1, -0.05) is 0 Å². The molecule has 11 nitrogen and oxygen atoms in total. The van der Waals surface area contributed by atoms with E-state index in [2.05, 4.69) is 39.5 Å². The van der Waals surface area contributed by atoms with E-state index in [1.165, 1.54) is 4.79 Å². The van der Waals surface area contributed by atoms with Crippen LogP contribution in [-0.4, -0.2) is 67.3 Å². The van der Waals surface area contributed by atoms with E-state index < -0.39 is 0 Å². The van der Waals surface area contributed by atoms with Gasteiger partial charge in [0, 0.05) is 25.8 Å². The maximum absolute atomic E-state index is 5.12. The molecule has 33 heavy (non-hydrogen) atoms. The van der Waals surface area contributed by atoms with Crippen LogP contribution in [0.2, 0.25) is 0 Å². The third kappa shape index (κ3) is 4.29. The van der Waals surface area contributed by atoms with Crippen LogP contribution in [-0.2, 0) is 11.9 Å². The highest BCUT2D eigenvalue weighted by Crippen LogP contribution is 2.25. The second kappa shape index (κ2) is 9.20. The average molecular weight is 451 g/mol. The number of aromatic nitrogens is 6. The van der Waals surface area contributed by atoms with Gasteiger partial charge < -0.3 is 9.74 Å². The van der Waals surface area contributed by atoms with Crippen molar-refractivity contribution in [2.75, 3.05) is 25.1 Å². The van der Waals surface area contributed by atoms with Crippen LogP contribution in [0.15, 0.2) is 28.3 Å². The SMILES string of the molecule is CCN(CC)c1ccc(/N=C2/C(C(C)NOC)=Nn3nc(-c4cc(C)n(C)n4)nc32)c(C)n1. The van der Waals surface area contributed by atoms with E-state index in [4.69, 9.17) is 19.8 Å². The van der Waals surface area contributed by atoms with Crippen LogP contribution in [0.25, 0.3) is 11.5 Å². The minimum atomic E-state index is -0.221. The zero-order valence-electron chi connectivity index (χ0n) is 20.2. The first kappa shape index (κ1) is 22.7. The molecular weight excluding hydrogens is 420 g/mol. The minimum Gasteiger partial charge on any atom is -0.357 e. The molecule has 3 aromatic heterocycles. The quantitative estimate of drug-likeness (QED) is 0.525. The molecule has 0 bridgehead atoms. The number of rotatable bonds is 8. The molecular formula is C22H30N10O. The van der Waals surface area contributed by atoms with Crippen molar-refractivity contribution in [3.8, 4) is 11.5 Å². The standard InChI is InChI=1S/C22H30N10O/c1-8-31(9-2)18-11-10-16(14(4)23-18)24-20-19(15(5)29-33-7)27-32-22(20)25-21(28-32)17-12-13(3)30(6)26-17/h10-12,15,29H,8-9H2,1-7H3/b24-20-. The Morgan fingerprint density at radius 2 is 1.91 bits per heavy atom. The summed E-state index contributed by atoms with van der Waals surface area (Å²) in [6.07, 6.45) is 0. The fourth-order valence-corrected chi connectivity index (χ4v) is 3.70. The van der Waals surface area contributed by atoms with Gasteiger partial charge in [0.15, 0.2) is 0 Å². The third-order valence-corrected chi connectivity index (χ3v) is 5.66. The minimum absolute atomic E-state index is 0.221. The van der Waals surface area contributed by atoms with E-state index in [9.17, 15) is 0 Å². The van der Waals surface area contributed by atoms with E-state index in [0.717, 1.165) is 36.0 Å². The second-order valence-corrected chi connectivity index (χ2v) is 7.88. The van der Waals surface area contributed by atoms with Gasteiger partial charge in [0.05, 0.1) is 24.5 Å². The lowest BCUT2D eigenvalue weighted by atomic mass is 10.1. The van der Waals surface area contributed by atoms with Gasteiger partial charge in [-0.15, -0.1) is 15.0 Å². The van der Waals surface area contributed by atoms with Crippen LogP contribution >= 0.6 is 0 Å². The Morgan fingerprint density at radius 3 is 2.52 bits per heavy atom. The zero-order valence-corrected chi connectivity index (χ0v) is 20.2. The number of hydroxylamine groups is 1. The molecule has 0 spiro atoms. The van der Waals surface area contributed by atoms with Crippen molar-refractivity contribution >= 4 is 22.9 Å². The molecule has 3 aromatic rings. The van der Waals surface area contributed by atoms with Crippen molar-refractivity contribution in [1.82, 2.24) is 35.1 Å². The van der Waals surface area contributed by atoms with Gasteiger partial charge in [-0.05, 0) is 52.8 Å². The third-order valence-electron chi connectivity index (χ3n) is 5.66. The summed E-state index contributed by atoms with van der Waals surface area (Å²) in [6, 6.07) is 5.70. The van der Waals surface area contributed by atoms with Gasteiger partial charge in [0.1, 0.15) is 22.9 Å². The smallest absolute Gasteiger partial charge is 0.204 e. The Hall–Kier alpha value is -3.44. The number of pyridine rings is 1. The lowest BCUT2D eigenvalue weighted by molar-refractivity contribution is 0.0832. The van der Waals surface area contributed by atoms with Crippen LogP contribution < -0.4 is 10.4 Å². The molecule has 1 aliphatic heterocycles. The maximum atomic E-state index is 5.12. The van der Waals surface area contributed by atoms with Crippen LogP contribution in [0.1, 0.15) is 38.0 Å². The Bertz CT molecular complexity index is 1200. The fraction of sp³-hybridized carbons (Fsp3) is 0.455. The van der Waals surface area contributed by atoms with Gasteiger partial charge in [0.2, 0.25) is 11.6 Å². The molecule has 0 aliphatic carbocycles. The molecule has 1 unspecified atom stereocenters. The molecule has 0 aromatic carbocycles. The molecule has 0 amide bonds. The van der Waals surface area contributed by atoms with Gasteiger partial charge in [-0.3, -0.25) is 4.68 Å². The largest absolute Gasteiger partial charge is 0.357 e. The Balaban J connectivity index is 1.77. The molecule has 0 saturated heterocycles. The highest BCUT2D eigenvalue weighted by Gasteiger charge is 2.32. The summed E-state index contributed by atoms with van der Waals surface area (Å²) in [5.74, 6) is 2.00. The number of anilines is 1. The Labute approximate surface area is 193 Å². The van der Waals surface area contributed by atoms with Crippen LogP contribution in [0.5, 0.6) is 0 Å². The molecule has 1 atom stereocenters. The van der Waals surface area contributed by atoms with E-state index in [1.807, 2.05) is 46.0 Å². The van der Waals surface area contributed by atoms with Gasteiger partial charge >= 0.3 is 0 Å². The van der Waals surface area contributed by atoms with Crippen molar-refractivity contribution in [3.05, 3.63) is 35.4 Å². The molecule has 0 saturated carbocycles. The summed E-state index contributed by atoms with van der Waals surface area (Å²) in [5.41, 5.74) is 7.52. The molecule has 4 heterocycles. The van der Waals surface area contributed by atoms with Crippen molar-refractivity contribution < 1.29 is 4.84 Å². The summed E-state index contributed by atoms with van der Waals surface area (Å²) < 4.78 is 1.79. The first-order valence-corrected chi connectivity index (χ1v) is 11.0. The Kier molecular flexibility index (Phi) is 6.34. The molecule has 0 fully saturated rings. The molecule has 0 radical (unpaired) electrons. The van der Waals surface area contributed by atoms with Crippen LogP contribution in [0.4, 0.5) is 11.5 Å². The number of aryl methyl sites for hydroxylation is 3. The first-order valence-electron chi connectivity index (χ1n) is 11.0. The normalized spacial score (nSPS) is 15.1. The molecule has 11 heteroatoms. The van der Waals surface area contributed by atoms with Gasteiger partial charge in [0.25, 0.3) is 0 Å². The Morgan fingerprint density at radius 1 is 1.15 bits per heavy atom. The summed E-state index contributed by atoms with van der Waals surface area (Å²) in [6.45, 7) is 11.9. The lowest BCUT2D eigenvalue weighted by Crippen LogP contribution is -2.36. The monoisotopic (exact) mass is 450 g/mol. The van der Waals surface area contributed by atoms with Crippen LogP contribution in [0.3, 0.4) is 0 Å². The molecule has 1 N–H and O–H groups in total. The summed E-state index contributed by atoms with van der Waals surface area (Å²) in [4.78, 5) is 23.2. The van der Waals surface area contributed by atoms with Crippen molar-refractivity contribution in [2.24, 2.45) is 17.1 Å². The topological polar surface area (TPSA) is 111 Å². The number of fused-ring (bicyclic) bond motifs is 1. The van der Waals surface area contributed by atoms with E-state index in [0.29, 0.717) is 28.8 Å². The summed E-state index contributed by atoms with van der Waals surface area (Å²) in [7, 11) is 3.46. The van der Waals surface area contributed by atoms with Gasteiger partial charge in [-0.25, -0.2) is 15.0 Å². The summed E-state index contributed by atoms with van der Waals surface area (Å²) in [5, 5.41) is 13.7. The highest BCUT2D eigenvalue weighted by atomic mass is 16.6. The number of nitrogens with one attached hydrogen (secondary N) is 1. The molecule has 174 valence electrons. The van der Waals surface area contributed by atoms with E-state index in [-0.39, 0.29) is 6.04 Å². The molecule has 4 rings (SSSR count). The second-order valence-electron chi connectivity index (χ2n) is 7.88. The number of hydrogen-bond donors (Lipinski definition) is 1. The predicted molar refractivity (Wildman–Crippen MR) is 128 cm³/mol. The maximum Gasteiger partial charge on any atom is 0.204 e. The van der Waals surface area contributed by atoms with Crippen molar-refractivity contribution in [1.29, 1.82) is 0 Å². The van der Waals surface area contributed by atoms with Gasteiger partial charge in [-0.2, -0.15) is 10.6 Å². The van der Waals surface area contributed by atoms with E-state index >= 15 is 0 Å². The highest BCUT2D eigenvalue weighted by molar-refractivity contribution is 6.50. The average Bonchev–Trinajstić information content (AvgIpc) is 3.44. The number of aliphatic imine (C=N–C) groups is 1. The predicted octanol–water partition coefficient (Wildman–Crippen LogP) is 2.41. The number of hydrogen-bond acceptors (Lipinski definition) is 9. The number of nitrogens with zero attached hydrogens (tertiary/aromatic N) is 9. The summed E-state index contributed by atoms with van der Waals surface area (Å²) >= 11 is 0. The van der Waals surface area contributed by atoms with Crippen molar-refractivity contribution in [2.45, 2.75) is 40.7 Å². The zero-order chi connectivity index (χ0) is 23.7. The first-order chi connectivity index (χ1) is 15.9. The fourth-order valence-electron chi connectivity index (χ4n) is 3.70. The van der Waals surface area contributed by atoms with Crippen molar-refractivity contribution in [3.63, 3.8) is 0 Å². The van der Waals surface area contributed by atoms with Crippen LogP contribution in [0, 0.1) is 13.8 Å². The lowest BCUT2D eigenvalue weighted by Gasteiger charge is -2.20. The molecule has 1 aliphatic rings. The van der Waals surface area contributed by atoms with E-state index in [1.54, 1.807) is 11.8 Å².